The molecule has 330 valence electrons. The second kappa shape index (κ2) is 17.3. The standard InChI is InChI=1S/C66H46N2OSi/c1-5-20-50(21-6-1)68-62-32-15-13-30-61(62)66-58(31-18-33-63(66)68)49-19-17-22-53(45-49)67(51-38-35-47(36-39-51)48-37-44-60-59-29-14-16-34-64(59)69-65(60)46-48)52-40-42-57(43-41-52)70(54-23-7-2-8-24-54,55-25-9-3-10-26-55)56-27-11-4-12-28-56/h1-46H. The van der Waals surface area contributed by atoms with E-state index in [0.29, 0.717) is 0 Å². The molecule has 0 spiro atoms. The molecule has 0 aliphatic carbocycles. The molecule has 2 heterocycles. The quantitative estimate of drug-likeness (QED) is 0.101. The number of fused-ring (bicyclic) bond motifs is 6. The minimum absolute atomic E-state index is 0.893. The van der Waals surface area contributed by atoms with Gasteiger partial charge in [0.05, 0.1) is 11.0 Å². The molecule has 0 radical (unpaired) electrons. The molecular formula is C66H46N2OSi. The van der Waals surface area contributed by atoms with Crippen molar-refractivity contribution in [1.82, 2.24) is 4.57 Å². The topological polar surface area (TPSA) is 21.3 Å². The molecule has 0 amide bonds. The molecule has 0 unspecified atom stereocenters. The number of hydrogen-bond donors (Lipinski definition) is 0. The Labute approximate surface area is 408 Å². The molecule has 11 aromatic carbocycles. The second-order valence-corrected chi connectivity index (χ2v) is 21.8. The predicted molar refractivity (Wildman–Crippen MR) is 297 cm³/mol. The number of aromatic nitrogens is 1. The molecule has 0 fully saturated rings. The minimum atomic E-state index is -2.74. The third kappa shape index (κ3) is 6.88. The van der Waals surface area contributed by atoms with E-state index in [2.05, 4.69) is 276 Å². The van der Waals surface area contributed by atoms with Crippen molar-refractivity contribution in [3.05, 3.63) is 279 Å². The lowest BCUT2D eigenvalue weighted by molar-refractivity contribution is 0.669. The molecule has 0 atom stereocenters. The van der Waals surface area contributed by atoms with Crippen LogP contribution in [0.3, 0.4) is 0 Å². The Balaban J connectivity index is 0.973. The summed E-state index contributed by atoms with van der Waals surface area (Å²) >= 11 is 0. The van der Waals surface area contributed by atoms with Crippen LogP contribution in [0.1, 0.15) is 0 Å². The molecule has 3 nitrogen and oxygen atoms in total. The van der Waals surface area contributed by atoms with Crippen LogP contribution in [-0.2, 0) is 0 Å². The summed E-state index contributed by atoms with van der Waals surface area (Å²) in [5.41, 5.74) is 13.1. The predicted octanol–water partition coefficient (Wildman–Crippen LogP) is 14.9. The second-order valence-electron chi connectivity index (χ2n) is 18.0. The average molecular weight is 911 g/mol. The largest absolute Gasteiger partial charge is 0.456 e. The van der Waals surface area contributed by atoms with Crippen molar-refractivity contribution in [3.63, 3.8) is 0 Å². The highest BCUT2D eigenvalue weighted by Crippen LogP contribution is 2.42. The number of para-hydroxylation sites is 3. The molecule has 4 heteroatoms. The van der Waals surface area contributed by atoms with Crippen LogP contribution in [0.15, 0.2) is 283 Å². The van der Waals surface area contributed by atoms with Gasteiger partial charge in [-0.05, 0) is 122 Å². The monoisotopic (exact) mass is 910 g/mol. The van der Waals surface area contributed by atoms with Gasteiger partial charge in [-0.1, -0.05) is 200 Å². The molecule has 0 saturated heterocycles. The first-order valence-corrected chi connectivity index (χ1v) is 26.0. The van der Waals surface area contributed by atoms with Crippen molar-refractivity contribution in [2.24, 2.45) is 0 Å². The van der Waals surface area contributed by atoms with Gasteiger partial charge in [0.1, 0.15) is 11.2 Å². The van der Waals surface area contributed by atoms with E-state index in [1.165, 1.54) is 48.1 Å². The number of furan rings is 1. The Morgan fingerprint density at radius 1 is 0.314 bits per heavy atom. The fraction of sp³-hybridized carbons (Fsp3) is 0. The van der Waals surface area contributed by atoms with Crippen molar-refractivity contribution in [2.45, 2.75) is 0 Å². The highest BCUT2D eigenvalue weighted by Gasteiger charge is 2.41. The Morgan fingerprint density at radius 2 is 0.829 bits per heavy atom. The van der Waals surface area contributed by atoms with E-state index < -0.39 is 8.07 Å². The summed E-state index contributed by atoms with van der Waals surface area (Å²) in [6, 6.07) is 102. The van der Waals surface area contributed by atoms with Crippen molar-refractivity contribution < 1.29 is 4.42 Å². The number of nitrogens with zero attached hydrogens (tertiary/aromatic N) is 2. The maximum atomic E-state index is 6.33. The van der Waals surface area contributed by atoms with Gasteiger partial charge in [0.25, 0.3) is 0 Å². The first-order chi connectivity index (χ1) is 34.7. The Kier molecular flexibility index (Phi) is 10.2. The SMILES string of the molecule is c1ccc(-n2c3ccccc3c3c(-c4cccc(N(c5ccc(-c6ccc7c(c6)oc6ccccc67)cc5)c5ccc([Si](c6ccccc6)(c6ccccc6)c6ccccc6)cc5)c4)cccc32)cc1. The normalized spacial score (nSPS) is 11.7. The van der Waals surface area contributed by atoms with Crippen molar-refractivity contribution in [2.75, 3.05) is 4.90 Å². The summed E-state index contributed by atoms with van der Waals surface area (Å²) < 4.78 is 8.72. The van der Waals surface area contributed by atoms with E-state index in [-0.39, 0.29) is 0 Å². The van der Waals surface area contributed by atoms with Crippen LogP contribution >= 0.6 is 0 Å². The van der Waals surface area contributed by atoms with E-state index in [1.807, 2.05) is 12.1 Å². The lowest BCUT2D eigenvalue weighted by atomic mass is 9.98. The maximum absolute atomic E-state index is 6.33. The number of rotatable bonds is 10. The van der Waals surface area contributed by atoms with Crippen LogP contribution in [0.2, 0.25) is 0 Å². The number of hydrogen-bond acceptors (Lipinski definition) is 2. The van der Waals surface area contributed by atoms with Crippen molar-refractivity contribution in [3.8, 4) is 27.9 Å². The molecule has 2 aromatic heterocycles. The fourth-order valence-corrected chi connectivity index (χ4v) is 15.8. The van der Waals surface area contributed by atoms with Gasteiger partial charge in [0, 0.05) is 44.3 Å². The van der Waals surface area contributed by atoms with Gasteiger partial charge >= 0.3 is 0 Å². The van der Waals surface area contributed by atoms with E-state index in [4.69, 9.17) is 4.42 Å². The molecular weight excluding hydrogens is 865 g/mol. The average Bonchev–Trinajstić information content (AvgIpc) is 3.99. The molecule has 0 N–H and O–H groups in total. The van der Waals surface area contributed by atoms with E-state index >= 15 is 0 Å². The van der Waals surface area contributed by atoms with Gasteiger partial charge in [-0.25, -0.2) is 0 Å². The minimum Gasteiger partial charge on any atom is -0.456 e. The summed E-state index contributed by atoms with van der Waals surface area (Å²) in [6.07, 6.45) is 0. The third-order valence-electron chi connectivity index (χ3n) is 14.1. The zero-order valence-electron chi connectivity index (χ0n) is 38.4. The number of benzene rings is 11. The summed E-state index contributed by atoms with van der Waals surface area (Å²) in [4.78, 5) is 2.41. The van der Waals surface area contributed by atoms with Crippen molar-refractivity contribution in [1.29, 1.82) is 0 Å². The van der Waals surface area contributed by atoms with Crippen LogP contribution in [0.4, 0.5) is 17.1 Å². The lowest BCUT2D eigenvalue weighted by Gasteiger charge is -2.35. The Bertz CT molecular complexity index is 3880. The molecule has 13 rings (SSSR count). The summed E-state index contributed by atoms with van der Waals surface area (Å²) in [7, 11) is -2.74. The summed E-state index contributed by atoms with van der Waals surface area (Å²) in [6.45, 7) is 0. The highest BCUT2D eigenvalue weighted by atomic mass is 28.3. The van der Waals surface area contributed by atoms with Crippen LogP contribution in [-0.4, -0.2) is 12.6 Å². The van der Waals surface area contributed by atoms with Gasteiger partial charge < -0.3 is 13.9 Å². The third-order valence-corrected chi connectivity index (χ3v) is 18.9. The Hall–Kier alpha value is -8.96. The van der Waals surface area contributed by atoms with Gasteiger partial charge in [0.15, 0.2) is 8.07 Å². The number of anilines is 3. The van der Waals surface area contributed by atoms with E-state index in [9.17, 15) is 0 Å². The summed E-state index contributed by atoms with van der Waals surface area (Å²) in [5.74, 6) is 0. The van der Waals surface area contributed by atoms with Gasteiger partial charge in [0.2, 0.25) is 0 Å². The van der Waals surface area contributed by atoms with Gasteiger partial charge in [-0.15, -0.1) is 0 Å². The van der Waals surface area contributed by atoms with Crippen molar-refractivity contribution >= 4 is 89.6 Å². The first kappa shape index (κ1) is 41.2. The van der Waals surface area contributed by atoms with Gasteiger partial charge in [-0.3, -0.25) is 0 Å². The fourth-order valence-electron chi connectivity index (χ4n) is 11.0. The zero-order valence-corrected chi connectivity index (χ0v) is 39.4. The molecule has 70 heavy (non-hydrogen) atoms. The summed E-state index contributed by atoms with van der Waals surface area (Å²) in [5, 5.41) is 10.1. The Morgan fingerprint density at radius 3 is 1.50 bits per heavy atom. The van der Waals surface area contributed by atoms with Crippen LogP contribution in [0.25, 0.3) is 71.7 Å². The molecule has 13 aromatic rings. The first-order valence-electron chi connectivity index (χ1n) is 24.0. The van der Waals surface area contributed by atoms with Crippen LogP contribution in [0, 0.1) is 0 Å². The van der Waals surface area contributed by atoms with Gasteiger partial charge in [-0.2, -0.15) is 0 Å². The van der Waals surface area contributed by atoms with Crippen LogP contribution < -0.4 is 25.6 Å². The maximum Gasteiger partial charge on any atom is 0.179 e. The smallest absolute Gasteiger partial charge is 0.179 e. The highest BCUT2D eigenvalue weighted by molar-refractivity contribution is 7.19. The zero-order chi connectivity index (χ0) is 46.4. The van der Waals surface area contributed by atoms with E-state index in [0.717, 1.165) is 61.4 Å². The molecule has 0 aliphatic rings. The lowest BCUT2D eigenvalue weighted by Crippen LogP contribution is -2.74. The molecule has 0 bridgehead atoms. The van der Waals surface area contributed by atoms with Crippen LogP contribution in [0.5, 0.6) is 0 Å². The molecule has 0 aliphatic heterocycles. The van der Waals surface area contributed by atoms with E-state index in [1.54, 1.807) is 0 Å². The molecule has 0 saturated carbocycles.